The summed E-state index contributed by atoms with van der Waals surface area (Å²) in [6, 6.07) is 6.77. The van der Waals surface area contributed by atoms with Crippen molar-refractivity contribution in [1.82, 2.24) is 0 Å². The molecule has 0 aliphatic carbocycles. The predicted molar refractivity (Wildman–Crippen MR) is 89.9 cm³/mol. The molecule has 0 atom stereocenters. The smallest absolute Gasteiger partial charge is 0.248 e. The topological polar surface area (TPSA) is 63.4 Å². The van der Waals surface area contributed by atoms with E-state index in [1.54, 1.807) is 36.2 Å². The van der Waals surface area contributed by atoms with Crippen molar-refractivity contribution in [3.05, 3.63) is 29.8 Å². The zero-order valence-corrected chi connectivity index (χ0v) is 14.1. The van der Waals surface area contributed by atoms with E-state index in [-0.39, 0.29) is 5.91 Å². The summed E-state index contributed by atoms with van der Waals surface area (Å²) in [7, 11) is 1.76. The molecule has 0 saturated carbocycles. The van der Waals surface area contributed by atoms with Gasteiger partial charge in [0.15, 0.2) is 0 Å². The highest BCUT2D eigenvalue weighted by Gasteiger charge is 2.11. The minimum absolute atomic E-state index is 0.0994. The molecule has 1 aromatic rings. The molecule has 0 bridgehead atoms. The fraction of sp³-hybridized carbons (Fsp3) is 0.500. The van der Waals surface area contributed by atoms with E-state index < -0.39 is 5.91 Å². The number of carbonyl (C=O) groups is 2. The van der Waals surface area contributed by atoms with Crippen molar-refractivity contribution in [3.63, 3.8) is 0 Å². The molecule has 0 fully saturated rings. The summed E-state index contributed by atoms with van der Waals surface area (Å²) < 4.78 is 0. The number of hydrogen-bond donors (Lipinski definition) is 1. The van der Waals surface area contributed by atoms with Crippen LogP contribution in [0.5, 0.6) is 0 Å². The lowest BCUT2D eigenvalue weighted by Crippen LogP contribution is -2.25. The number of amides is 2. The van der Waals surface area contributed by atoms with Gasteiger partial charge in [-0.15, -0.1) is 0 Å². The number of unbranched alkanes of at least 4 members (excludes halogenated alkanes) is 4. The van der Waals surface area contributed by atoms with Gasteiger partial charge in [-0.25, -0.2) is 0 Å². The van der Waals surface area contributed by atoms with Crippen LogP contribution < -0.4 is 10.6 Å². The van der Waals surface area contributed by atoms with E-state index in [0.29, 0.717) is 12.0 Å². The molecule has 2 N–H and O–H groups in total. The number of hydrogen-bond acceptors (Lipinski definition) is 2. The molecular weight excluding hydrogens is 332 g/mol. The van der Waals surface area contributed by atoms with Gasteiger partial charge in [0.05, 0.1) is 0 Å². The van der Waals surface area contributed by atoms with Crippen molar-refractivity contribution in [2.75, 3.05) is 17.3 Å². The largest absolute Gasteiger partial charge is 0.366 e. The molecule has 0 aromatic heterocycles. The van der Waals surface area contributed by atoms with Crippen molar-refractivity contribution in [3.8, 4) is 0 Å². The standard InChI is InChI=1S/C16H23BrN2O2/c1-19(14-10-8-13(9-11-14)16(18)21)15(20)7-5-3-2-4-6-12-17/h8-11H,2-7,12H2,1H3,(H2,18,21). The first kappa shape index (κ1) is 17.7. The Morgan fingerprint density at radius 2 is 1.62 bits per heavy atom. The molecule has 2 amide bonds. The van der Waals surface area contributed by atoms with Crippen LogP contribution in [-0.4, -0.2) is 24.2 Å². The van der Waals surface area contributed by atoms with E-state index in [9.17, 15) is 9.59 Å². The summed E-state index contributed by atoms with van der Waals surface area (Å²) in [4.78, 5) is 24.7. The van der Waals surface area contributed by atoms with Crippen LogP contribution in [0, 0.1) is 0 Å². The van der Waals surface area contributed by atoms with Crippen molar-refractivity contribution >= 4 is 33.4 Å². The second-order valence-electron chi connectivity index (χ2n) is 5.07. The number of halogens is 1. The quantitative estimate of drug-likeness (QED) is 0.544. The van der Waals surface area contributed by atoms with Crippen LogP contribution in [0.1, 0.15) is 48.9 Å². The average molecular weight is 355 g/mol. The van der Waals surface area contributed by atoms with Crippen LogP contribution in [0.15, 0.2) is 24.3 Å². The molecule has 1 rings (SSSR count). The molecule has 0 saturated heterocycles. The van der Waals surface area contributed by atoms with Crippen LogP contribution in [0.4, 0.5) is 5.69 Å². The number of alkyl halides is 1. The second kappa shape index (κ2) is 9.55. The molecule has 0 aliphatic rings. The molecule has 4 nitrogen and oxygen atoms in total. The lowest BCUT2D eigenvalue weighted by molar-refractivity contribution is -0.118. The molecule has 0 radical (unpaired) electrons. The first-order valence-corrected chi connectivity index (χ1v) is 8.41. The van der Waals surface area contributed by atoms with E-state index >= 15 is 0 Å². The highest BCUT2D eigenvalue weighted by molar-refractivity contribution is 9.09. The molecular formula is C16H23BrN2O2. The third-order valence-electron chi connectivity index (χ3n) is 3.44. The van der Waals surface area contributed by atoms with E-state index in [1.165, 1.54) is 19.3 Å². The molecule has 1 aromatic carbocycles. The van der Waals surface area contributed by atoms with Gasteiger partial charge in [-0.3, -0.25) is 9.59 Å². The highest BCUT2D eigenvalue weighted by atomic mass is 79.9. The lowest BCUT2D eigenvalue weighted by atomic mass is 10.1. The van der Waals surface area contributed by atoms with Gasteiger partial charge >= 0.3 is 0 Å². The predicted octanol–water partition coefficient (Wildman–Crippen LogP) is 3.48. The Bertz CT molecular complexity index is 460. The van der Waals surface area contributed by atoms with Gasteiger partial charge in [-0.05, 0) is 37.1 Å². The number of carbonyl (C=O) groups excluding carboxylic acids is 2. The Kier molecular flexibility index (Phi) is 8.05. The van der Waals surface area contributed by atoms with Gasteiger partial charge in [0.1, 0.15) is 0 Å². The summed E-state index contributed by atoms with van der Waals surface area (Å²) in [5.41, 5.74) is 6.43. The summed E-state index contributed by atoms with van der Waals surface area (Å²) in [5.74, 6) is -0.360. The van der Waals surface area contributed by atoms with Crippen molar-refractivity contribution in [2.24, 2.45) is 5.73 Å². The van der Waals surface area contributed by atoms with Gasteiger partial charge in [0.2, 0.25) is 11.8 Å². The summed E-state index contributed by atoms with van der Waals surface area (Å²) in [6.07, 6.45) is 6.15. The average Bonchev–Trinajstić information content (AvgIpc) is 2.49. The Morgan fingerprint density at radius 1 is 1.05 bits per heavy atom. The molecule has 0 unspecified atom stereocenters. The maximum absolute atomic E-state index is 12.1. The maximum Gasteiger partial charge on any atom is 0.248 e. The van der Waals surface area contributed by atoms with Gasteiger partial charge in [0.25, 0.3) is 0 Å². The number of primary amides is 1. The summed E-state index contributed by atoms with van der Waals surface area (Å²) in [5, 5.41) is 1.05. The van der Waals surface area contributed by atoms with E-state index in [2.05, 4.69) is 15.9 Å². The molecule has 0 aliphatic heterocycles. The fourth-order valence-electron chi connectivity index (χ4n) is 2.06. The summed E-state index contributed by atoms with van der Waals surface area (Å²) >= 11 is 3.41. The third kappa shape index (κ3) is 6.29. The van der Waals surface area contributed by atoms with Crippen LogP contribution in [0.3, 0.4) is 0 Å². The zero-order valence-electron chi connectivity index (χ0n) is 12.5. The monoisotopic (exact) mass is 354 g/mol. The van der Waals surface area contributed by atoms with Gasteiger partial charge in [-0.2, -0.15) is 0 Å². The first-order chi connectivity index (χ1) is 10.1. The summed E-state index contributed by atoms with van der Waals surface area (Å²) in [6.45, 7) is 0. The first-order valence-electron chi connectivity index (χ1n) is 7.28. The Hall–Kier alpha value is -1.36. The Morgan fingerprint density at radius 3 is 2.19 bits per heavy atom. The molecule has 0 spiro atoms. The van der Waals surface area contributed by atoms with E-state index in [4.69, 9.17) is 5.73 Å². The number of rotatable bonds is 9. The molecule has 116 valence electrons. The maximum atomic E-state index is 12.1. The fourth-order valence-corrected chi connectivity index (χ4v) is 2.46. The Labute approximate surface area is 134 Å². The van der Waals surface area contributed by atoms with Gasteiger partial charge < -0.3 is 10.6 Å². The number of nitrogens with zero attached hydrogens (tertiary/aromatic N) is 1. The van der Waals surface area contributed by atoms with Crippen LogP contribution in [-0.2, 0) is 4.79 Å². The van der Waals surface area contributed by atoms with E-state index in [0.717, 1.165) is 23.9 Å². The third-order valence-corrected chi connectivity index (χ3v) is 4.00. The molecule has 21 heavy (non-hydrogen) atoms. The lowest BCUT2D eigenvalue weighted by Gasteiger charge is -2.17. The normalized spacial score (nSPS) is 10.4. The highest BCUT2D eigenvalue weighted by Crippen LogP contribution is 2.16. The SMILES string of the molecule is CN(C(=O)CCCCCCCBr)c1ccc(C(N)=O)cc1. The number of nitrogens with two attached hydrogens (primary N) is 1. The van der Waals surface area contributed by atoms with Gasteiger partial charge in [0, 0.05) is 30.0 Å². The van der Waals surface area contributed by atoms with Crippen molar-refractivity contribution < 1.29 is 9.59 Å². The molecule has 0 heterocycles. The van der Waals surface area contributed by atoms with Crippen LogP contribution in [0.2, 0.25) is 0 Å². The van der Waals surface area contributed by atoms with Crippen LogP contribution >= 0.6 is 15.9 Å². The number of benzene rings is 1. The second-order valence-corrected chi connectivity index (χ2v) is 5.86. The van der Waals surface area contributed by atoms with Gasteiger partial charge in [-0.1, -0.05) is 35.2 Å². The minimum Gasteiger partial charge on any atom is -0.366 e. The number of anilines is 1. The molecule has 5 heteroatoms. The Balaban J connectivity index is 2.38. The van der Waals surface area contributed by atoms with Crippen LogP contribution in [0.25, 0.3) is 0 Å². The zero-order chi connectivity index (χ0) is 15.7. The van der Waals surface area contributed by atoms with E-state index in [1.807, 2.05) is 0 Å². The minimum atomic E-state index is -0.459. The van der Waals surface area contributed by atoms with Crippen molar-refractivity contribution in [2.45, 2.75) is 38.5 Å². The van der Waals surface area contributed by atoms with Crippen molar-refractivity contribution in [1.29, 1.82) is 0 Å².